The molecule has 0 aromatic heterocycles. The van der Waals surface area contributed by atoms with Gasteiger partial charge < -0.3 is 10.2 Å². The molecule has 2 heterocycles. The van der Waals surface area contributed by atoms with Crippen molar-refractivity contribution in [2.75, 3.05) is 39.8 Å². The minimum Gasteiger partial charge on any atom is -0.344 e. The van der Waals surface area contributed by atoms with Crippen LogP contribution in [0, 0.1) is 5.92 Å². The van der Waals surface area contributed by atoms with E-state index in [1.54, 1.807) is 0 Å². The van der Waals surface area contributed by atoms with E-state index in [1.165, 1.54) is 32.2 Å². The maximum absolute atomic E-state index is 12.3. The number of likely N-dealkylation sites (N-methyl/N-ethyl adjacent to an activating group) is 2. The third-order valence-electron chi connectivity index (χ3n) is 5.04. The Morgan fingerprint density at radius 1 is 1.23 bits per heavy atom. The van der Waals surface area contributed by atoms with Crippen LogP contribution in [0.5, 0.6) is 0 Å². The Kier molecular flexibility index (Phi) is 11.5. The van der Waals surface area contributed by atoms with Gasteiger partial charge in [-0.15, -0.1) is 24.8 Å². The fourth-order valence-electron chi connectivity index (χ4n) is 3.63. The van der Waals surface area contributed by atoms with E-state index in [9.17, 15) is 4.79 Å². The number of likely N-dealkylation sites (tertiary alicyclic amines) is 1. The first-order valence-corrected chi connectivity index (χ1v) is 8.39. The number of hydrogen-bond donors (Lipinski definition) is 1. The Balaban J connectivity index is 0.00000220. The molecule has 2 rings (SSSR count). The molecule has 6 heteroatoms. The van der Waals surface area contributed by atoms with Gasteiger partial charge in [0.25, 0.3) is 0 Å². The number of nitrogens with zero attached hydrogens (tertiary/aromatic N) is 2. The van der Waals surface area contributed by atoms with Gasteiger partial charge in [-0.05, 0) is 64.2 Å². The monoisotopic (exact) mass is 353 g/mol. The summed E-state index contributed by atoms with van der Waals surface area (Å²) in [7, 11) is 1.98. The van der Waals surface area contributed by atoms with E-state index < -0.39 is 0 Å². The van der Waals surface area contributed by atoms with E-state index in [2.05, 4.69) is 17.1 Å². The zero-order valence-electron chi connectivity index (χ0n) is 14.1. The van der Waals surface area contributed by atoms with E-state index in [1.807, 2.05) is 11.9 Å². The topological polar surface area (TPSA) is 35.6 Å². The molecule has 0 aromatic rings. The average Bonchev–Trinajstić information content (AvgIpc) is 2.93. The van der Waals surface area contributed by atoms with Crippen molar-refractivity contribution in [3.05, 3.63) is 0 Å². The molecule has 2 aliphatic heterocycles. The molecular weight excluding hydrogens is 321 g/mol. The number of carbonyl (C=O) groups excluding carboxylic acids is 1. The maximum atomic E-state index is 12.3. The van der Waals surface area contributed by atoms with Crippen LogP contribution in [0.2, 0.25) is 0 Å². The molecule has 0 spiro atoms. The standard InChI is InChI=1S/C16H31N3O.2ClH/c1-3-19-12-4-5-15(19)13-18(2)16(20)7-6-14-8-10-17-11-9-14;;/h14-15,17H,3-13H2,1-2H3;2*1H. The molecule has 22 heavy (non-hydrogen) atoms. The molecule has 132 valence electrons. The number of piperidine rings is 1. The van der Waals surface area contributed by atoms with Crippen molar-refractivity contribution in [3.63, 3.8) is 0 Å². The third-order valence-corrected chi connectivity index (χ3v) is 5.04. The lowest BCUT2D eigenvalue weighted by atomic mass is 9.93. The van der Waals surface area contributed by atoms with E-state index in [0.717, 1.165) is 44.9 Å². The number of rotatable bonds is 6. The zero-order valence-corrected chi connectivity index (χ0v) is 15.7. The summed E-state index contributed by atoms with van der Waals surface area (Å²) in [4.78, 5) is 16.7. The normalized spacial score (nSPS) is 22.7. The second-order valence-corrected chi connectivity index (χ2v) is 6.43. The van der Waals surface area contributed by atoms with Crippen LogP contribution < -0.4 is 5.32 Å². The van der Waals surface area contributed by atoms with Crippen LogP contribution in [0.25, 0.3) is 0 Å². The fourth-order valence-corrected chi connectivity index (χ4v) is 3.63. The minimum atomic E-state index is 0. The summed E-state index contributed by atoms with van der Waals surface area (Å²) in [5.74, 6) is 1.10. The highest BCUT2D eigenvalue weighted by molar-refractivity contribution is 5.85. The summed E-state index contributed by atoms with van der Waals surface area (Å²) in [6.07, 6.45) is 6.83. The molecular formula is C16H33Cl2N3O. The van der Waals surface area contributed by atoms with Gasteiger partial charge in [0.1, 0.15) is 0 Å². The van der Waals surface area contributed by atoms with Crippen LogP contribution in [0.4, 0.5) is 0 Å². The highest BCUT2D eigenvalue weighted by Crippen LogP contribution is 2.20. The van der Waals surface area contributed by atoms with E-state index in [0.29, 0.717) is 11.9 Å². The quantitative estimate of drug-likeness (QED) is 0.796. The second kappa shape index (κ2) is 11.5. The number of halogens is 2. The van der Waals surface area contributed by atoms with Crippen molar-refractivity contribution in [1.29, 1.82) is 0 Å². The summed E-state index contributed by atoms with van der Waals surface area (Å²) in [5, 5.41) is 3.38. The van der Waals surface area contributed by atoms with Gasteiger partial charge in [0, 0.05) is 26.1 Å². The van der Waals surface area contributed by atoms with Gasteiger partial charge in [-0.1, -0.05) is 6.92 Å². The van der Waals surface area contributed by atoms with Crippen LogP contribution in [0.15, 0.2) is 0 Å². The summed E-state index contributed by atoms with van der Waals surface area (Å²) >= 11 is 0. The lowest BCUT2D eigenvalue weighted by molar-refractivity contribution is -0.130. The SMILES string of the molecule is CCN1CCCC1CN(C)C(=O)CCC1CCNCC1.Cl.Cl. The molecule has 0 aromatic carbocycles. The van der Waals surface area contributed by atoms with Crippen molar-refractivity contribution < 1.29 is 4.79 Å². The smallest absolute Gasteiger partial charge is 0.222 e. The first kappa shape index (κ1) is 22.0. The number of nitrogens with one attached hydrogen (secondary N) is 1. The molecule has 0 aliphatic carbocycles. The van der Waals surface area contributed by atoms with Gasteiger partial charge >= 0.3 is 0 Å². The van der Waals surface area contributed by atoms with Crippen molar-refractivity contribution in [2.45, 2.75) is 51.5 Å². The molecule has 2 fully saturated rings. The number of hydrogen-bond acceptors (Lipinski definition) is 3. The van der Waals surface area contributed by atoms with Crippen molar-refractivity contribution in [1.82, 2.24) is 15.1 Å². The average molecular weight is 354 g/mol. The molecule has 2 saturated heterocycles. The Morgan fingerprint density at radius 2 is 1.91 bits per heavy atom. The van der Waals surface area contributed by atoms with Crippen LogP contribution in [0.3, 0.4) is 0 Å². The molecule has 1 amide bonds. The first-order valence-electron chi connectivity index (χ1n) is 8.39. The first-order chi connectivity index (χ1) is 9.70. The molecule has 4 nitrogen and oxygen atoms in total. The van der Waals surface area contributed by atoms with Gasteiger partial charge in [-0.3, -0.25) is 9.69 Å². The maximum Gasteiger partial charge on any atom is 0.222 e. The van der Waals surface area contributed by atoms with Crippen molar-refractivity contribution >= 4 is 30.7 Å². The molecule has 0 bridgehead atoms. The Hall–Kier alpha value is -0.0300. The predicted octanol–water partition coefficient (Wildman–Crippen LogP) is 2.55. The van der Waals surface area contributed by atoms with E-state index >= 15 is 0 Å². The summed E-state index contributed by atoms with van der Waals surface area (Å²) in [5.41, 5.74) is 0. The highest BCUT2D eigenvalue weighted by atomic mass is 35.5. The van der Waals surface area contributed by atoms with Crippen molar-refractivity contribution in [3.8, 4) is 0 Å². The Bertz CT molecular complexity index is 312. The molecule has 1 atom stereocenters. The fraction of sp³-hybridized carbons (Fsp3) is 0.938. The van der Waals surface area contributed by atoms with Crippen LogP contribution in [0.1, 0.15) is 45.4 Å². The van der Waals surface area contributed by atoms with Gasteiger partial charge in [-0.25, -0.2) is 0 Å². The minimum absolute atomic E-state index is 0. The summed E-state index contributed by atoms with van der Waals surface area (Å²) < 4.78 is 0. The number of amides is 1. The van der Waals surface area contributed by atoms with Gasteiger partial charge in [0.2, 0.25) is 5.91 Å². The molecule has 2 aliphatic rings. The molecule has 1 N–H and O–H groups in total. The van der Waals surface area contributed by atoms with E-state index in [-0.39, 0.29) is 24.8 Å². The van der Waals surface area contributed by atoms with Crippen LogP contribution in [-0.2, 0) is 4.79 Å². The lowest BCUT2D eigenvalue weighted by Gasteiger charge is -2.28. The van der Waals surface area contributed by atoms with Gasteiger partial charge in [0.05, 0.1) is 0 Å². The second-order valence-electron chi connectivity index (χ2n) is 6.43. The number of carbonyl (C=O) groups is 1. The summed E-state index contributed by atoms with van der Waals surface area (Å²) in [6, 6.07) is 0.591. The predicted molar refractivity (Wildman–Crippen MR) is 97.2 cm³/mol. The van der Waals surface area contributed by atoms with E-state index in [4.69, 9.17) is 0 Å². The van der Waals surface area contributed by atoms with Crippen molar-refractivity contribution in [2.24, 2.45) is 5.92 Å². The van der Waals surface area contributed by atoms with Gasteiger partial charge in [0.15, 0.2) is 0 Å². The molecule has 1 unspecified atom stereocenters. The zero-order chi connectivity index (χ0) is 14.4. The molecule has 0 saturated carbocycles. The third kappa shape index (κ3) is 6.61. The Morgan fingerprint density at radius 3 is 2.55 bits per heavy atom. The summed E-state index contributed by atoms with van der Waals surface area (Å²) in [6.45, 7) is 7.71. The highest BCUT2D eigenvalue weighted by Gasteiger charge is 2.25. The van der Waals surface area contributed by atoms with Crippen LogP contribution in [-0.4, -0.2) is 61.5 Å². The Labute approximate surface area is 148 Å². The molecule has 0 radical (unpaired) electrons. The van der Waals surface area contributed by atoms with Gasteiger partial charge in [-0.2, -0.15) is 0 Å². The lowest BCUT2D eigenvalue weighted by Crippen LogP contribution is -2.41. The van der Waals surface area contributed by atoms with Crippen LogP contribution >= 0.6 is 24.8 Å². The largest absolute Gasteiger partial charge is 0.344 e.